The Bertz CT molecular complexity index is 184. The second kappa shape index (κ2) is 10.8. The predicted octanol–water partition coefficient (Wildman–Crippen LogP) is 2.65. The van der Waals surface area contributed by atoms with Crippen LogP contribution in [0.5, 0.6) is 0 Å². The Morgan fingerprint density at radius 2 is 1.85 bits per heavy atom. The second-order valence-electron chi connectivity index (χ2n) is 3.02. The van der Waals surface area contributed by atoms with Crippen LogP contribution in [0.15, 0.2) is 22.8 Å². The lowest BCUT2D eigenvalue weighted by Gasteiger charge is -1.80. The molecule has 0 atom stereocenters. The van der Waals surface area contributed by atoms with Gasteiger partial charge in [-0.15, -0.1) is 12.8 Å². The van der Waals surface area contributed by atoms with Crippen LogP contribution in [0.4, 0.5) is 0 Å². The largest absolute Gasteiger partial charge is 0.468 e. The minimum atomic E-state index is 0.493. The fourth-order valence-corrected chi connectivity index (χ4v) is 0.429. The number of nitrogens with two attached hydrogens (primary N) is 1. The van der Waals surface area contributed by atoms with Crippen LogP contribution in [0.1, 0.15) is 26.5 Å². The van der Waals surface area contributed by atoms with Gasteiger partial charge in [0.2, 0.25) is 0 Å². The van der Waals surface area contributed by atoms with E-state index in [-0.39, 0.29) is 0 Å². The Labute approximate surface area is 81.1 Å². The van der Waals surface area contributed by atoms with Crippen molar-refractivity contribution in [1.82, 2.24) is 0 Å². The van der Waals surface area contributed by atoms with Crippen LogP contribution in [-0.2, 0) is 6.54 Å². The maximum Gasteiger partial charge on any atom is 0.117 e. The van der Waals surface area contributed by atoms with Crippen molar-refractivity contribution >= 4 is 0 Å². The molecule has 1 aromatic heterocycles. The van der Waals surface area contributed by atoms with Crippen molar-refractivity contribution < 1.29 is 4.42 Å². The minimum absolute atomic E-state index is 0.493. The molecule has 0 radical (unpaired) electrons. The average Bonchev–Trinajstić information content (AvgIpc) is 2.58. The molecule has 74 valence electrons. The maximum absolute atomic E-state index is 5.20. The van der Waals surface area contributed by atoms with Crippen LogP contribution in [0.3, 0.4) is 0 Å². The molecule has 2 heteroatoms. The van der Waals surface area contributed by atoms with E-state index in [0.29, 0.717) is 6.54 Å². The fourth-order valence-electron chi connectivity index (χ4n) is 0.429. The van der Waals surface area contributed by atoms with Crippen molar-refractivity contribution in [3.63, 3.8) is 0 Å². The first-order chi connectivity index (χ1) is 6.16. The van der Waals surface area contributed by atoms with E-state index in [4.69, 9.17) is 10.2 Å². The fraction of sp³-hybridized carbons (Fsp3) is 0.455. The number of hydrogen-bond donors (Lipinski definition) is 1. The Kier molecular flexibility index (Phi) is 11.9. The summed E-state index contributed by atoms with van der Waals surface area (Å²) < 4.78 is 4.86. The number of rotatable bonds is 1. The Hall–Kier alpha value is -1.20. The summed E-state index contributed by atoms with van der Waals surface area (Å²) in [7, 11) is 0. The number of terminal acetylenes is 1. The van der Waals surface area contributed by atoms with E-state index in [1.807, 2.05) is 12.1 Å². The Morgan fingerprint density at radius 3 is 2.00 bits per heavy atom. The first-order valence-corrected chi connectivity index (χ1v) is 4.22. The van der Waals surface area contributed by atoms with Crippen molar-refractivity contribution in [3.8, 4) is 12.8 Å². The van der Waals surface area contributed by atoms with Gasteiger partial charge in [-0.05, 0) is 18.1 Å². The average molecular weight is 181 g/mol. The van der Waals surface area contributed by atoms with Gasteiger partial charge >= 0.3 is 0 Å². The summed E-state index contributed by atoms with van der Waals surface area (Å²) in [6.45, 7) is 6.99. The minimum Gasteiger partial charge on any atom is -0.468 e. The van der Waals surface area contributed by atoms with Crippen LogP contribution >= 0.6 is 0 Å². The van der Waals surface area contributed by atoms with Gasteiger partial charge in [0.15, 0.2) is 0 Å². The summed E-state index contributed by atoms with van der Waals surface area (Å²) in [5.41, 5.74) is 5.20. The third-order valence-corrected chi connectivity index (χ3v) is 0.781. The van der Waals surface area contributed by atoms with Crippen molar-refractivity contribution in [2.45, 2.75) is 27.3 Å². The van der Waals surface area contributed by atoms with Gasteiger partial charge in [0.25, 0.3) is 0 Å². The van der Waals surface area contributed by atoms with Gasteiger partial charge in [-0.1, -0.05) is 20.8 Å². The summed E-state index contributed by atoms with van der Waals surface area (Å²) >= 11 is 0. The molecule has 2 N–H and O–H groups in total. The molecule has 0 aromatic carbocycles. The molecule has 2 nitrogen and oxygen atoms in total. The third kappa shape index (κ3) is 13.7. The number of furan rings is 1. The molecule has 0 spiro atoms. The molecule has 1 rings (SSSR count). The molecule has 1 heterocycles. The standard InChI is InChI=1S/C5H7NO.C4H10.C2H2/c6-4-5-2-1-3-7-5;1-4(2)3;1-2/h1-3H,4,6H2;4H,1-3H3;1-2H. The molecular formula is C11H19NO. The summed E-state index contributed by atoms with van der Waals surface area (Å²) in [5.74, 6) is 1.67. The van der Waals surface area contributed by atoms with Crippen molar-refractivity contribution in [2.24, 2.45) is 11.7 Å². The molecule has 0 bridgehead atoms. The quantitative estimate of drug-likeness (QED) is 0.676. The highest BCUT2D eigenvalue weighted by Gasteiger charge is 1.84. The smallest absolute Gasteiger partial charge is 0.117 e. The van der Waals surface area contributed by atoms with E-state index in [9.17, 15) is 0 Å². The Morgan fingerprint density at radius 1 is 1.38 bits per heavy atom. The molecule has 0 aliphatic carbocycles. The zero-order chi connectivity index (χ0) is 10.7. The van der Waals surface area contributed by atoms with Crippen LogP contribution < -0.4 is 5.73 Å². The monoisotopic (exact) mass is 181 g/mol. The molecule has 0 saturated heterocycles. The van der Waals surface area contributed by atoms with Gasteiger partial charge in [-0.2, -0.15) is 0 Å². The van der Waals surface area contributed by atoms with Gasteiger partial charge in [0.05, 0.1) is 12.8 Å². The summed E-state index contributed by atoms with van der Waals surface area (Å²) in [5, 5.41) is 0. The van der Waals surface area contributed by atoms with Crippen LogP contribution in [-0.4, -0.2) is 0 Å². The molecule has 0 fully saturated rings. The van der Waals surface area contributed by atoms with Crippen LogP contribution in [0.2, 0.25) is 0 Å². The Balaban J connectivity index is 0. The van der Waals surface area contributed by atoms with E-state index in [0.717, 1.165) is 11.7 Å². The summed E-state index contributed by atoms with van der Waals surface area (Å²) in [6.07, 6.45) is 9.61. The van der Waals surface area contributed by atoms with Crippen LogP contribution in [0, 0.1) is 18.8 Å². The normalized spacial score (nSPS) is 7.92. The van der Waals surface area contributed by atoms with E-state index in [2.05, 4.69) is 33.6 Å². The number of hydrogen-bond acceptors (Lipinski definition) is 2. The first-order valence-electron chi connectivity index (χ1n) is 4.22. The SMILES string of the molecule is C#C.CC(C)C.NCc1ccco1. The molecule has 1 aromatic rings. The van der Waals surface area contributed by atoms with Crippen molar-refractivity contribution in [2.75, 3.05) is 0 Å². The molecule has 0 saturated carbocycles. The zero-order valence-electron chi connectivity index (χ0n) is 8.66. The van der Waals surface area contributed by atoms with Crippen LogP contribution in [0.25, 0.3) is 0 Å². The highest BCUT2D eigenvalue weighted by atomic mass is 16.3. The van der Waals surface area contributed by atoms with E-state index < -0.39 is 0 Å². The second-order valence-corrected chi connectivity index (χ2v) is 3.02. The van der Waals surface area contributed by atoms with Crippen molar-refractivity contribution in [3.05, 3.63) is 24.2 Å². The summed E-state index contributed by atoms with van der Waals surface area (Å²) in [6, 6.07) is 3.67. The van der Waals surface area contributed by atoms with Gasteiger partial charge < -0.3 is 10.2 Å². The van der Waals surface area contributed by atoms with E-state index >= 15 is 0 Å². The van der Waals surface area contributed by atoms with E-state index in [1.165, 1.54) is 0 Å². The molecule has 0 unspecified atom stereocenters. The predicted molar refractivity (Wildman–Crippen MR) is 57.0 cm³/mol. The molecule has 0 aliphatic heterocycles. The summed E-state index contributed by atoms with van der Waals surface area (Å²) in [4.78, 5) is 0. The lowest BCUT2D eigenvalue weighted by molar-refractivity contribution is 0.512. The molecule has 0 aliphatic rings. The first kappa shape index (κ1) is 14.3. The lowest BCUT2D eigenvalue weighted by atomic mass is 10.3. The van der Waals surface area contributed by atoms with Gasteiger partial charge in [0.1, 0.15) is 5.76 Å². The highest BCUT2D eigenvalue weighted by Crippen LogP contribution is 1.95. The lowest BCUT2D eigenvalue weighted by Crippen LogP contribution is -1.92. The topological polar surface area (TPSA) is 39.2 Å². The molecule has 0 amide bonds. The zero-order valence-corrected chi connectivity index (χ0v) is 8.66. The van der Waals surface area contributed by atoms with Crippen molar-refractivity contribution in [1.29, 1.82) is 0 Å². The third-order valence-electron chi connectivity index (χ3n) is 0.781. The highest BCUT2D eigenvalue weighted by molar-refractivity contribution is 4.96. The van der Waals surface area contributed by atoms with E-state index in [1.54, 1.807) is 6.26 Å². The van der Waals surface area contributed by atoms with Gasteiger partial charge in [0, 0.05) is 0 Å². The van der Waals surface area contributed by atoms with Gasteiger partial charge in [-0.3, -0.25) is 0 Å². The maximum atomic E-state index is 5.20. The molecule has 13 heavy (non-hydrogen) atoms. The molecular weight excluding hydrogens is 162 g/mol. The van der Waals surface area contributed by atoms with Gasteiger partial charge in [-0.25, -0.2) is 0 Å².